The molecule has 0 unspecified atom stereocenters. The third-order valence-electron chi connectivity index (χ3n) is 5.36. The minimum atomic E-state index is -3.48. The zero-order chi connectivity index (χ0) is 19.4. The quantitative estimate of drug-likeness (QED) is 0.771. The molecule has 1 aliphatic carbocycles. The summed E-state index contributed by atoms with van der Waals surface area (Å²) in [6.45, 7) is 5.34. The first-order valence-corrected chi connectivity index (χ1v) is 12.3. The van der Waals surface area contributed by atoms with Crippen LogP contribution in [0.15, 0.2) is 29.2 Å². The van der Waals surface area contributed by atoms with Crippen molar-refractivity contribution in [2.24, 2.45) is 11.8 Å². The lowest BCUT2D eigenvalue weighted by molar-refractivity contribution is -0.113. The van der Waals surface area contributed by atoms with Crippen molar-refractivity contribution in [3.8, 4) is 0 Å². The van der Waals surface area contributed by atoms with Gasteiger partial charge in [-0.15, -0.1) is 11.8 Å². The zero-order valence-corrected chi connectivity index (χ0v) is 17.8. The van der Waals surface area contributed by atoms with E-state index in [-0.39, 0.29) is 5.91 Å². The van der Waals surface area contributed by atoms with Gasteiger partial charge in [0.15, 0.2) is 0 Å². The van der Waals surface area contributed by atoms with Crippen LogP contribution in [-0.4, -0.2) is 42.7 Å². The van der Waals surface area contributed by atoms with Crippen molar-refractivity contribution in [3.05, 3.63) is 24.3 Å². The number of nitrogens with one attached hydrogen (secondary N) is 1. The summed E-state index contributed by atoms with van der Waals surface area (Å²) in [5.74, 6) is 1.17. The minimum Gasteiger partial charge on any atom is -0.325 e. The molecule has 3 rings (SSSR count). The summed E-state index contributed by atoms with van der Waals surface area (Å²) in [6.07, 6.45) is 6.01. The summed E-state index contributed by atoms with van der Waals surface area (Å²) in [7, 11) is -3.48. The van der Waals surface area contributed by atoms with Crippen LogP contribution >= 0.6 is 11.8 Å². The normalized spacial score (nSPS) is 24.8. The summed E-state index contributed by atoms with van der Waals surface area (Å²) < 4.78 is 27.4. The van der Waals surface area contributed by atoms with E-state index in [9.17, 15) is 13.2 Å². The lowest BCUT2D eigenvalue weighted by Gasteiger charge is -2.34. The van der Waals surface area contributed by atoms with Gasteiger partial charge in [-0.05, 0) is 55.4 Å². The molecule has 2 aliphatic rings. The predicted octanol–water partition coefficient (Wildman–Crippen LogP) is 3.97. The van der Waals surface area contributed by atoms with Crippen LogP contribution in [0.5, 0.6) is 0 Å². The second-order valence-corrected chi connectivity index (χ2v) is 11.3. The largest absolute Gasteiger partial charge is 0.325 e. The molecule has 1 aliphatic heterocycles. The summed E-state index contributed by atoms with van der Waals surface area (Å²) in [4.78, 5) is 12.4. The highest BCUT2D eigenvalue weighted by atomic mass is 32.2. The van der Waals surface area contributed by atoms with Crippen LogP contribution in [0.25, 0.3) is 0 Å². The van der Waals surface area contributed by atoms with E-state index in [1.165, 1.54) is 25.7 Å². The third kappa shape index (κ3) is 5.48. The number of sulfonamides is 1. The predicted molar refractivity (Wildman–Crippen MR) is 111 cm³/mol. The Balaban J connectivity index is 1.58. The highest BCUT2D eigenvalue weighted by Gasteiger charge is 2.31. The number of hydrogen-bond acceptors (Lipinski definition) is 4. The van der Waals surface area contributed by atoms with Gasteiger partial charge in [-0.25, -0.2) is 8.42 Å². The van der Waals surface area contributed by atoms with E-state index >= 15 is 0 Å². The summed E-state index contributed by atoms with van der Waals surface area (Å²) in [6, 6.07) is 6.56. The number of rotatable bonds is 6. The van der Waals surface area contributed by atoms with Crippen LogP contribution in [0.4, 0.5) is 5.69 Å². The second kappa shape index (κ2) is 8.97. The van der Waals surface area contributed by atoms with Crippen molar-refractivity contribution in [2.75, 3.05) is 24.2 Å². The van der Waals surface area contributed by atoms with Crippen LogP contribution in [0, 0.1) is 11.8 Å². The Kier molecular flexibility index (Phi) is 6.87. The first kappa shape index (κ1) is 20.7. The van der Waals surface area contributed by atoms with Crippen LogP contribution in [-0.2, 0) is 14.8 Å². The van der Waals surface area contributed by atoms with E-state index in [2.05, 4.69) is 19.2 Å². The SMILES string of the molecule is C[C@@H]1C[C@H](C)CN(S(=O)(=O)c2ccc(NC(=O)CSC3CCCC3)cc2)C1. The summed E-state index contributed by atoms with van der Waals surface area (Å²) in [5, 5.41) is 3.48. The molecule has 5 nitrogen and oxygen atoms in total. The van der Waals surface area contributed by atoms with Crippen molar-refractivity contribution < 1.29 is 13.2 Å². The number of benzene rings is 1. The molecule has 1 aromatic rings. The smallest absolute Gasteiger partial charge is 0.243 e. The molecule has 1 saturated heterocycles. The molecule has 0 spiro atoms. The van der Waals surface area contributed by atoms with Gasteiger partial charge in [0.05, 0.1) is 10.6 Å². The van der Waals surface area contributed by atoms with E-state index in [0.29, 0.717) is 46.5 Å². The van der Waals surface area contributed by atoms with Gasteiger partial charge in [0.2, 0.25) is 15.9 Å². The molecule has 1 N–H and O–H groups in total. The van der Waals surface area contributed by atoms with E-state index in [1.54, 1.807) is 40.3 Å². The van der Waals surface area contributed by atoms with Crippen molar-refractivity contribution in [1.82, 2.24) is 4.31 Å². The van der Waals surface area contributed by atoms with Crippen molar-refractivity contribution in [2.45, 2.75) is 56.1 Å². The fraction of sp³-hybridized carbons (Fsp3) is 0.650. The van der Waals surface area contributed by atoms with Gasteiger partial charge in [0, 0.05) is 24.0 Å². The van der Waals surface area contributed by atoms with E-state index < -0.39 is 10.0 Å². The number of anilines is 1. The van der Waals surface area contributed by atoms with E-state index in [4.69, 9.17) is 0 Å². The van der Waals surface area contributed by atoms with E-state index in [0.717, 1.165) is 6.42 Å². The van der Waals surface area contributed by atoms with Gasteiger partial charge in [-0.3, -0.25) is 4.79 Å². The second-order valence-electron chi connectivity index (χ2n) is 8.06. The van der Waals surface area contributed by atoms with Crippen molar-refractivity contribution in [3.63, 3.8) is 0 Å². The molecular weight excluding hydrogens is 380 g/mol. The van der Waals surface area contributed by atoms with Gasteiger partial charge in [-0.1, -0.05) is 26.7 Å². The van der Waals surface area contributed by atoms with Crippen LogP contribution in [0.3, 0.4) is 0 Å². The molecule has 0 aromatic heterocycles. The fourth-order valence-electron chi connectivity index (χ4n) is 4.11. The maximum atomic E-state index is 12.9. The molecule has 1 amide bonds. The number of amides is 1. The Morgan fingerprint density at radius 2 is 1.70 bits per heavy atom. The Morgan fingerprint density at radius 1 is 1.11 bits per heavy atom. The summed E-state index contributed by atoms with van der Waals surface area (Å²) in [5.41, 5.74) is 0.645. The van der Waals surface area contributed by atoms with Crippen molar-refractivity contribution >= 4 is 33.4 Å². The van der Waals surface area contributed by atoms with Crippen molar-refractivity contribution in [1.29, 1.82) is 0 Å². The maximum absolute atomic E-state index is 12.9. The van der Waals surface area contributed by atoms with Gasteiger partial charge >= 0.3 is 0 Å². The Morgan fingerprint density at radius 3 is 2.30 bits per heavy atom. The molecule has 1 saturated carbocycles. The number of thioether (sulfide) groups is 1. The van der Waals surface area contributed by atoms with Crippen LogP contribution in [0.1, 0.15) is 46.0 Å². The molecule has 7 heteroatoms. The van der Waals surface area contributed by atoms with Crippen LogP contribution in [0.2, 0.25) is 0 Å². The van der Waals surface area contributed by atoms with Gasteiger partial charge < -0.3 is 5.32 Å². The summed E-state index contributed by atoms with van der Waals surface area (Å²) >= 11 is 1.72. The highest BCUT2D eigenvalue weighted by molar-refractivity contribution is 8.00. The molecule has 1 heterocycles. The third-order valence-corrected chi connectivity index (χ3v) is 8.58. The van der Waals surface area contributed by atoms with Crippen LogP contribution < -0.4 is 5.32 Å². The van der Waals surface area contributed by atoms with Gasteiger partial charge in [0.25, 0.3) is 0 Å². The molecule has 2 fully saturated rings. The van der Waals surface area contributed by atoms with E-state index in [1.807, 2.05) is 0 Å². The average Bonchev–Trinajstić information content (AvgIpc) is 3.13. The molecule has 2 atom stereocenters. The number of hydrogen-bond donors (Lipinski definition) is 1. The fourth-order valence-corrected chi connectivity index (χ4v) is 6.91. The number of carbonyl (C=O) groups is 1. The lowest BCUT2D eigenvalue weighted by atomic mass is 9.94. The molecule has 0 radical (unpaired) electrons. The lowest BCUT2D eigenvalue weighted by Crippen LogP contribution is -2.42. The number of carbonyl (C=O) groups excluding carboxylic acids is 1. The molecule has 27 heavy (non-hydrogen) atoms. The van der Waals surface area contributed by atoms with Gasteiger partial charge in [-0.2, -0.15) is 4.31 Å². The standard InChI is InChI=1S/C20H30N2O3S2/c1-15-11-16(2)13-22(12-15)27(24,25)19-9-7-17(8-10-19)21-20(23)14-26-18-5-3-4-6-18/h7-10,15-16,18H,3-6,11-14H2,1-2H3,(H,21,23)/t15-,16+. The molecular formula is C20H30N2O3S2. The molecule has 150 valence electrons. The molecule has 1 aromatic carbocycles. The zero-order valence-electron chi connectivity index (χ0n) is 16.2. The first-order valence-electron chi connectivity index (χ1n) is 9.86. The minimum absolute atomic E-state index is 0.0267. The monoisotopic (exact) mass is 410 g/mol. The number of nitrogens with zero attached hydrogens (tertiary/aromatic N) is 1. The van der Waals surface area contributed by atoms with Gasteiger partial charge in [0.1, 0.15) is 0 Å². The Labute approximate surface area is 167 Å². The average molecular weight is 411 g/mol. The topological polar surface area (TPSA) is 66.5 Å². The first-order chi connectivity index (χ1) is 12.8. The maximum Gasteiger partial charge on any atom is 0.243 e. The highest BCUT2D eigenvalue weighted by Crippen LogP contribution is 2.30. The number of piperidine rings is 1. The molecule has 0 bridgehead atoms. The Bertz CT molecular complexity index is 733. The Hall–Kier alpha value is -1.05.